The smallest absolute Gasteiger partial charge is 0.253 e. The van der Waals surface area contributed by atoms with Crippen molar-refractivity contribution in [2.24, 2.45) is 0 Å². The van der Waals surface area contributed by atoms with Gasteiger partial charge in [0, 0.05) is 24.8 Å². The van der Waals surface area contributed by atoms with E-state index in [0.29, 0.717) is 11.6 Å². The molecule has 1 N–H and O–H groups in total. The number of nitrogens with one attached hydrogen (secondary N) is 1. The molecule has 2 atom stereocenters. The van der Waals surface area contributed by atoms with Crippen LogP contribution in [0.25, 0.3) is 0 Å². The Morgan fingerprint density at radius 2 is 2.33 bits per heavy atom. The first kappa shape index (κ1) is 13.0. The third kappa shape index (κ3) is 3.04. The van der Waals surface area contributed by atoms with Crippen LogP contribution in [0.3, 0.4) is 0 Å². The molecule has 18 heavy (non-hydrogen) atoms. The number of rotatable bonds is 2. The molecule has 0 aromatic carbocycles. The highest BCUT2D eigenvalue weighted by atomic mass is 19.1. The molecule has 5 heteroatoms. The fourth-order valence-electron chi connectivity index (χ4n) is 2.20. The van der Waals surface area contributed by atoms with Gasteiger partial charge in [0.25, 0.3) is 5.91 Å². The minimum absolute atomic E-state index is 0.177. The van der Waals surface area contributed by atoms with Crippen LogP contribution in [-0.2, 0) is 0 Å². The first-order chi connectivity index (χ1) is 8.56. The molecule has 2 unspecified atom stereocenters. The average molecular weight is 251 g/mol. The Morgan fingerprint density at radius 3 is 2.94 bits per heavy atom. The van der Waals surface area contributed by atoms with Crippen LogP contribution in [0.1, 0.15) is 30.1 Å². The van der Waals surface area contributed by atoms with Gasteiger partial charge < -0.3 is 10.2 Å². The molecule has 1 saturated heterocycles. The minimum Gasteiger partial charge on any atom is -0.349 e. The van der Waals surface area contributed by atoms with Crippen molar-refractivity contribution in [2.45, 2.75) is 31.8 Å². The summed E-state index contributed by atoms with van der Waals surface area (Å²) in [7, 11) is 2.09. The van der Waals surface area contributed by atoms with Gasteiger partial charge in [0.05, 0.1) is 5.56 Å². The molecule has 0 radical (unpaired) electrons. The van der Waals surface area contributed by atoms with E-state index in [4.69, 9.17) is 0 Å². The van der Waals surface area contributed by atoms with E-state index >= 15 is 0 Å². The van der Waals surface area contributed by atoms with Crippen molar-refractivity contribution >= 4 is 5.91 Å². The average Bonchev–Trinajstić information content (AvgIpc) is 2.34. The Hall–Kier alpha value is -1.49. The standard InChI is InChI=1S/C13H18FN3O/c1-9-7-11(5-6-17(9)2)16-13(18)10-3-4-12(14)15-8-10/h3-4,8-9,11H,5-7H2,1-2H3,(H,16,18). The highest BCUT2D eigenvalue weighted by molar-refractivity contribution is 5.94. The molecule has 1 fully saturated rings. The van der Waals surface area contributed by atoms with Crippen molar-refractivity contribution in [3.05, 3.63) is 29.8 Å². The van der Waals surface area contributed by atoms with Crippen molar-refractivity contribution in [1.29, 1.82) is 0 Å². The quantitative estimate of drug-likeness (QED) is 0.809. The number of carbonyl (C=O) groups is 1. The zero-order valence-corrected chi connectivity index (χ0v) is 10.7. The molecular formula is C13H18FN3O. The van der Waals surface area contributed by atoms with Gasteiger partial charge >= 0.3 is 0 Å². The number of aromatic nitrogens is 1. The number of pyridine rings is 1. The van der Waals surface area contributed by atoms with Gasteiger partial charge in [-0.2, -0.15) is 4.39 Å². The molecule has 0 bridgehead atoms. The molecule has 4 nitrogen and oxygen atoms in total. The molecule has 0 saturated carbocycles. The number of halogens is 1. The van der Waals surface area contributed by atoms with E-state index in [2.05, 4.69) is 29.2 Å². The summed E-state index contributed by atoms with van der Waals surface area (Å²) in [4.78, 5) is 17.7. The number of amides is 1. The van der Waals surface area contributed by atoms with Gasteiger partial charge in [-0.25, -0.2) is 4.98 Å². The summed E-state index contributed by atoms with van der Waals surface area (Å²) in [5, 5.41) is 2.98. The van der Waals surface area contributed by atoms with E-state index in [1.165, 1.54) is 18.3 Å². The molecule has 1 aromatic heterocycles. The summed E-state index contributed by atoms with van der Waals surface area (Å²) >= 11 is 0. The van der Waals surface area contributed by atoms with E-state index in [1.54, 1.807) is 0 Å². The molecule has 1 amide bonds. The minimum atomic E-state index is -0.570. The maximum Gasteiger partial charge on any atom is 0.253 e. The topological polar surface area (TPSA) is 45.2 Å². The normalized spacial score (nSPS) is 24.8. The second-order valence-electron chi connectivity index (χ2n) is 4.89. The number of piperidine rings is 1. The predicted molar refractivity (Wildman–Crippen MR) is 66.8 cm³/mol. The lowest BCUT2D eigenvalue weighted by Crippen LogP contribution is -2.47. The maximum absolute atomic E-state index is 12.7. The van der Waals surface area contributed by atoms with Crippen molar-refractivity contribution < 1.29 is 9.18 Å². The summed E-state index contributed by atoms with van der Waals surface area (Å²) in [5.41, 5.74) is 0.406. The third-order valence-corrected chi connectivity index (χ3v) is 3.53. The van der Waals surface area contributed by atoms with E-state index in [-0.39, 0.29) is 11.9 Å². The number of likely N-dealkylation sites (tertiary alicyclic amines) is 1. The Labute approximate surface area is 106 Å². The van der Waals surface area contributed by atoms with Crippen LogP contribution in [0.15, 0.2) is 18.3 Å². The van der Waals surface area contributed by atoms with Crippen molar-refractivity contribution in [1.82, 2.24) is 15.2 Å². The summed E-state index contributed by atoms with van der Waals surface area (Å²) < 4.78 is 12.7. The predicted octanol–water partition coefficient (Wildman–Crippen LogP) is 1.43. The summed E-state index contributed by atoms with van der Waals surface area (Å²) in [6, 6.07) is 3.31. The van der Waals surface area contributed by atoms with Crippen LogP contribution < -0.4 is 5.32 Å². The number of hydrogen-bond donors (Lipinski definition) is 1. The van der Waals surface area contributed by atoms with Gasteiger partial charge in [-0.1, -0.05) is 0 Å². The number of hydrogen-bond acceptors (Lipinski definition) is 3. The van der Waals surface area contributed by atoms with Crippen LogP contribution >= 0.6 is 0 Å². The SMILES string of the molecule is CC1CC(NC(=O)c2ccc(F)nc2)CCN1C. The van der Waals surface area contributed by atoms with Crippen molar-refractivity contribution in [3.8, 4) is 0 Å². The Morgan fingerprint density at radius 1 is 1.56 bits per heavy atom. The largest absolute Gasteiger partial charge is 0.349 e. The molecule has 2 rings (SSSR count). The summed E-state index contributed by atoms with van der Waals surface area (Å²) in [6.45, 7) is 3.13. The molecule has 0 aliphatic carbocycles. The van der Waals surface area contributed by atoms with Gasteiger partial charge in [-0.15, -0.1) is 0 Å². The first-order valence-electron chi connectivity index (χ1n) is 6.19. The Balaban J connectivity index is 1.93. The number of carbonyl (C=O) groups excluding carboxylic acids is 1. The van der Waals surface area contributed by atoms with E-state index in [0.717, 1.165) is 19.4 Å². The van der Waals surface area contributed by atoms with E-state index in [9.17, 15) is 9.18 Å². The Bertz CT molecular complexity index is 421. The second kappa shape index (κ2) is 5.44. The van der Waals surface area contributed by atoms with Gasteiger partial charge in [0.2, 0.25) is 5.95 Å². The summed E-state index contributed by atoms with van der Waals surface area (Å²) in [6.07, 6.45) is 3.15. The van der Waals surface area contributed by atoms with Crippen LogP contribution in [0.5, 0.6) is 0 Å². The molecule has 1 aliphatic rings. The first-order valence-corrected chi connectivity index (χ1v) is 6.19. The lowest BCUT2D eigenvalue weighted by atomic mass is 9.98. The molecular weight excluding hydrogens is 233 g/mol. The van der Waals surface area contributed by atoms with Crippen LogP contribution in [-0.4, -0.2) is 41.5 Å². The van der Waals surface area contributed by atoms with Gasteiger partial charge in [-0.05, 0) is 38.9 Å². The highest BCUT2D eigenvalue weighted by Gasteiger charge is 2.24. The fraction of sp³-hybridized carbons (Fsp3) is 0.538. The highest BCUT2D eigenvalue weighted by Crippen LogP contribution is 2.15. The molecule has 98 valence electrons. The van der Waals surface area contributed by atoms with Crippen LogP contribution in [0, 0.1) is 5.95 Å². The fourth-order valence-corrected chi connectivity index (χ4v) is 2.20. The van der Waals surface area contributed by atoms with Crippen molar-refractivity contribution in [3.63, 3.8) is 0 Å². The maximum atomic E-state index is 12.7. The van der Waals surface area contributed by atoms with Gasteiger partial charge in [-0.3, -0.25) is 4.79 Å². The van der Waals surface area contributed by atoms with E-state index in [1.807, 2.05) is 0 Å². The zero-order valence-electron chi connectivity index (χ0n) is 10.7. The van der Waals surface area contributed by atoms with Crippen molar-refractivity contribution in [2.75, 3.05) is 13.6 Å². The van der Waals surface area contributed by atoms with Crippen LogP contribution in [0.4, 0.5) is 4.39 Å². The van der Waals surface area contributed by atoms with Gasteiger partial charge in [0.15, 0.2) is 0 Å². The zero-order chi connectivity index (χ0) is 13.1. The third-order valence-electron chi connectivity index (χ3n) is 3.53. The molecule has 1 aliphatic heterocycles. The molecule has 1 aromatic rings. The number of nitrogens with zero attached hydrogens (tertiary/aromatic N) is 2. The summed E-state index contributed by atoms with van der Waals surface area (Å²) in [5.74, 6) is -0.747. The molecule has 2 heterocycles. The molecule has 0 spiro atoms. The van der Waals surface area contributed by atoms with Crippen LogP contribution in [0.2, 0.25) is 0 Å². The van der Waals surface area contributed by atoms with Gasteiger partial charge in [0.1, 0.15) is 0 Å². The van der Waals surface area contributed by atoms with E-state index < -0.39 is 5.95 Å². The monoisotopic (exact) mass is 251 g/mol. The Kier molecular flexibility index (Phi) is 3.91. The lowest BCUT2D eigenvalue weighted by molar-refractivity contribution is 0.0896. The lowest BCUT2D eigenvalue weighted by Gasteiger charge is -2.35. The second-order valence-corrected chi connectivity index (χ2v) is 4.89.